The molecule has 0 saturated heterocycles. The van der Waals surface area contributed by atoms with Crippen LogP contribution in [0.2, 0.25) is 0 Å². The first-order chi connectivity index (χ1) is 7.95. The summed E-state index contributed by atoms with van der Waals surface area (Å²) in [5.41, 5.74) is 0.174. The van der Waals surface area contributed by atoms with E-state index in [0.717, 1.165) is 0 Å². The van der Waals surface area contributed by atoms with Crippen molar-refractivity contribution in [3.8, 4) is 0 Å². The Hall–Kier alpha value is -1.43. The third-order valence-corrected chi connectivity index (χ3v) is 2.38. The third-order valence-electron chi connectivity index (χ3n) is 2.38. The maximum Gasteiger partial charge on any atom is 0.392 e. The predicted molar refractivity (Wildman–Crippen MR) is 54.0 cm³/mol. The Balaban J connectivity index is 2.71. The number of aromatic nitrogens is 1. The third kappa shape index (κ3) is 4.14. The van der Waals surface area contributed by atoms with E-state index in [0.29, 0.717) is 0 Å². The monoisotopic (exact) mass is 247 g/mol. The summed E-state index contributed by atoms with van der Waals surface area (Å²) in [6.45, 7) is 0. The summed E-state index contributed by atoms with van der Waals surface area (Å²) in [5.74, 6) is -1.84. The number of pyridine rings is 1. The zero-order valence-electron chi connectivity index (χ0n) is 8.89. The van der Waals surface area contributed by atoms with E-state index in [2.05, 4.69) is 4.98 Å². The van der Waals surface area contributed by atoms with Gasteiger partial charge in [0.1, 0.15) is 6.29 Å². The number of halogens is 3. The second kappa shape index (κ2) is 5.77. The van der Waals surface area contributed by atoms with Gasteiger partial charge in [-0.2, -0.15) is 13.2 Å². The van der Waals surface area contributed by atoms with Crippen LogP contribution in [-0.4, -0.2) is 22.6 Å². The molecule has 1 N–H and O–H groups in total. The van der Waals surface area contributed by atoms with Crippen LogP contribution in [0.3, 0.4) is 0 Å². The molecule has 1 aromatic heterocycles. The maximum absolute atomic E-state index is 12.5. The van der Waals surface area contributed by atoms with Crippen molar-refractivity contribution in [2.24, 2.45) is 5.92 Å². The van der Waals surface area contributed by atoms with Crippen LogP contribution in [0, 0.1) is 5.92 Å². The van der Waals surface area contributed by atoms with Crippen LogP contribution in [0.15, 0.2) is 24.4 Å². The number of nitrogens with zero attached hydrogens (tertiary/aromatic N) is 1. The molecule has 0 radical (unpaired) electrons. The average Bonchev–Trinajstić information content (AvgIpc) is 2.28. The zero-order valence-corrected chi connectivity index (χ0v) is 8.89. The van der Waals surface area contributed by atoms with Gasteiger partial charge in [0.2, 0.25) is 0 Å². The van der Waals surface area contributed by atoms with Gasteiger partial charge >= 0.3 is 6.18 Å². The fourth-order valence-electron chi connectivity index (χ4n) is 1.44. The van der Waals surface area contributed by atoms with E-state index in [1.165, 1.54) is 12.3 Å². The van der Waals surface area contributed by atoms with E-state index in [1.54, 1.807) is 12.1 Å². The van der Waals surface area contributed by atoms with Crippen molar-refractivity contribution >= 4 is 6.29 Å². The summed E-state index contributed by atoms with van der Waals surface area (Å²) < 4.78 is 37.5. The number of rotatable bonds is 5. The van der Waals surface area contributed by atoms with Gasteiger partial charge in [0.05, 0.1) is 17.7 Å². The number of carbonyl (C=O) groups excluding carboxylic acids is 1. The van der Waals surface area contributed by atoms with E-state index in [1.807, 2.05) is 0 Å². The van der Waals surface area contributed by atoms with Gasteiger partial charge in [-0.3, -0.25) is 4.98 Å². The van der Waals surface area contributed by atoms with Gasteiger partial charge in [0.15, 0.2) is 0 Å². The van der Waals surface area contributed by atoms with Crippen LogP contribution in [0.1, 0.15) is 24.6 Å². The molecule has 0 aliphatic rings. The number of hydrogen-bond acceptors (Lipinski definition) is 3. The van der Waals surface area contributed by atoms with E-state index in [9.17, 15) is 23.1 Å². The van der Waals surface area contributed by atoms with Gasteiger partial charge in [-0.25, -0.2) is 0 Å². The molecule has 0 aliphatic heterocycles. The Morgan fingerprint density at radius 2 is 2.12 bits per heavy atom. The molecule has 3 nitrogen and oxygen atoms in total. The van der Waals surface area contributed by atoms with Crippen LogP contribution < -0.4 is 0 Å². The number of aliphatic hydroxyl groups is 1. The Kier molecular flexibility index (Phi) is 4.62. The highest BCUT2D eigenvalue weighted by Gasteiger charge is 2.40. The van der Waals surface area contributed by atoms with E-state index < -0.39 is 31.0 Å². The van der Waals surface area contributed by atoms with Crippen LogP contribution in [0.4, 0.5) is 13.2 Å². The molecule has 1 unspecified atom stereocenters. The molecule has 0 fully saturated rings. The molecule has 94 valence electrons. The molecule has 0 aliphatic carbocycles. The van der Waals surface area contributed by atoms with Crippen LogP contribution in [-0.2, 0) is 4.79 Å². The number of alkyl halides is 3. The van der Waals surface area contributed by atoms with Gasteiger partial charge in [-0.05, 0) is 18.6 Å². The summed E-state index contributed by atoms with van der Waals surface area (Å²) in [4.78, 5) is 14.0. The van der Waals surface area contributed by atoms with Crippen molar-refractivity contribution in [1.82, 2.24) is 4.98 Å². The molecule has 1 rings (SSSR count). The molecule has 1 aromatic rings. The number of aliphatic hydroxyl groups excluding tert-OH is 1. The maximum atomic E-state index is 12.5. The molecule has 0 aromatic carbocycles. The fourth-order valence-corrected chi connectivity index (χ4v) is 1.44. The molecular formula is C11H12F3NO2. The highest BCUT2D eigenvalue weighted by Crippen LogP contribution is 2.34. The molecule has 6 heteroatoms. The number of carbonyl (C=O) groups is 1. The molecule has 0 saturated carbocycles. The quantitative estimate of drug-likeness (QED) is 0.812. The van der Waals surface area contributed by atoms with Gasteiger partial charge in [0, 0.05) is 12.6 Å². The largest absolute Gasteiger partial charge is 0.392 e. The van der Waals surface area contributed by atoms with Crippen LogP contribution in [0.5, 0.6) is 0 Å². The summed E-state index contributed by atoms with van der Waals surface area (Å²) in [6, 6.07) is 4.62. The molecule has 0 bridgehead atoms. The molecule has 2 atom stereocenters. The SMILES string of the molecule is O=CC[C@H](CC(O)c1ccccn1)C(F)(F)F. The topological polar surface area (TPSA) is 50.2 Å². The van der Waals surface area contributed by atoms with Crippen molar-refractivity contribution in [2.45, 2.75) is 25.1 Å². The zero-order chi connectivity index (χ0) is 12.9. The molecular weight excluding hydrogens is 235 g/mol. The van der Waals surface area contributed by atoms with E-state index >= 15 is 0 Å². The Morgan fingerprint density at radius 3 is 2.59 bits per heavy atom. The van der Waals surface area contributed by atoms with Crippen molar-refractivity contribution < 1.29 is 23.1 Å². The van der Waals surface area contributed by atoms with Gasteiger partial charge in [-0.15, -0.1) is 0 Å². The van der Waals surface area contributed by atoms with Crippen LogP contribution >= 0.6 is 0 Å². The van der Waals surface area contributed by atoms with Crippen molar-refractivity contribution in [3.05, 3.63) is 30.1 Å². The number of hydrogen-bond donors (Lipinski definition) is 1. The lowest BCUT2D eigenvalue weighted by Crippen LogP contribution is -2.25. The lowest BCUT2D eigenvalue weighted by Gasteiger charge is -2.20. The standard InChI is InChI=1S/C11H12F3NO2/c12-11(13,14)8(4-6-16)7-10(17)9-3-1-2-5-15-9/h1-3,5-6,8,10,17H,4,7H2/t8-,10?/m1/s1. The summed E-state index contributed by atoms with van der Waals surface area (Å²) >= 11 is 0. The minimum absolute atomic E-state index is 0.174. The lowest BCUT2D eigenvalue weighted by molar-refractivity contribution is -0.183. The molecule has 0 amide bonds. The smallest absolute Gasteiger partial charge is 0.387 e. The fraction of sp³-hybridized carbons (Fsp3) is 0.455. The summed E-state index contributed by atoms with van der Waals surface area (Å²) in [6.07, 6.45) is -5.41. The highest BCUT2D eigenvalue weighted by molar-refractivity contribution is 5.49. The first-order valence-electron chi connectivity index (χ1n) is 5.04. The normalized spacial score (nSPS) is 15.3. The summed E-state index contributed by atoms with van der Waals surface area (Å²) in [5, 5.41) is 9.60. The van der Waals surface area contributed by atoms with E-state index in [4.69, 9.17) is 0 Å². The average molecular weight is 247 g/mol. The Morgan fingerprint density at radius 1 is 1.41 bits per heavy atom. The molecule has 0 spiro atoms. The molecule has 17 heavy (non-hydrogen) atoms. The van der Waals surface area contributed by atoms with Crippen molar-refractivity contribution in [3.63, 3.8) is 0 Å². The van der Waals surface area contributed by atoms with Crippen molar-refractivity contribution in [2.75, 3.05) is 0 Å². The highest BCUT2D eigenvalue weighted by atomic mass is 19.4. The Labute approximate surface area is 96.3 Å². The Bertz CT molecular complexity index is 353. The first kappa shape index (κ1) is 13.6. The van der Waals surface area contributed by atoms with E-state index in [-0.39, 0.29) is 12.0 Å². The molecule has 1 heterocycles. The second-order valence-electron chi connectivity index (χ2n) is 3.65. The second-order valence-corrected chi connectivity index (χ2v) is 3.65. The van der Waals surface area contributed by atoms with Gasteiger partial charge < -0.3 is 9.90 Å². The minimum atomic E-state index is -4.49. The van der Waals surface area contributed by atoms with Crippen LogP contribution in [0.25, 0.3) is 0 Å². The lowest BCUT2D eigenvalue weighted by atomic mass is 9.96. The first-order valence-corrected chi connectivity index (χ1v) is 5.04. The number of aldehydes is 1. The van der Waals surface area contributed by atoms with Gasteiger partial charge in [-0.1, -0.05) is 6.07 Å². The van der Waals surface area contributed by atoms with Crippen molar-refractivity contribution in [1.29, 1.82) is 0 Å². The minimum Gasteiger partial charge on any atom is -0.387 e. The summed E-state index contributed by atoms with van der Waals surface area (Å²) in [7, 11) is 0. The predicted octanol–water partition coefficient (Wildman–Crippen LogP) is 2.27. The van der Waals surface area contributed by atoms with Gasteiger partial charge in [0.25, 0.3) is 0 Å².